The molecule has 0 aliphatic heterocycles. The first-order valence-corrected chi connectivity index (χ1v) is 5.53. The summed E-state index contributed by atoms with van der Waals surface area (Å²) < 4.78 is 2.00. The van der Waals surface area contributed by atoms with Crippen LogP contribution in [0.15, 0.2) is 30.5 Å². The van der Waals surface area contributed by atoms with E-state index in [0.29, 0.717) is 17.9 Å². The van der Waals surface area contributed by atoms with E-state index < -0.39 is 0 Å². The summed E-state index contributed by atoms with van der Waals surface area (Å²) >= 11 is 0. The van der Waals surface area contributed by atoms with Crippen LogP contribution in [0.4, 0.5) is 0 Å². The van der Waals surface area contributed by atoms with Crippen LogP contribution >= 0.6 is 0 Å². The average Bonchev–Trinajstić information content (AvgIpc) is 2.96. The van der Waals surface area contributed by atoms with E-state index in [1.807, 2.05) is 29.0 Å². The van der Waals surface area contributed by atoms with Crippen LogP contribution in [0, 0.1) is 0 Å². The maximum Gasteiger partial charge on any atom is 0.194 e. The first-order valence-electron chi connectivity index (χ1n) is 5.53. The highest BCUT2D eigenvalue weighted by Gasteiger charge is 2.06. The monoisotopic (exact) mass is 241 g/mol. The minimum Gasteiger partial charge on any atom is -0.340 e. The van der Waals surface area contributed by atoms with Gasteiger partial charge < -0.3 is 4.57 Å². The molecule has 18 heavy (non-hydrogen) atoms. The highest BCUT2D eigenvalue weighted by molar-refractivity contribution is 5.87. The fourth-order valence-electron chi connectivity index (χ4n) is 1.95. The molecule has 0 N–H and O–H groups in total. The molecule has 0 radical (unpaired) electrons. The molecule has 0 unspecified atom stereocenters. The van der Waals surface area contributed by atoms with Gasteiger partial charge in [0.25, 0.3) is 0 Å². The Balaban J connectivity index is 2.03. The van der Waals surface area contributed by atoms with E-state index in [1.54, 1.807) is 13.1 Å². The summed E-state index contributed by atoms with van der Waals surface area (Å²) in [6, 6.07) is 7.60. The van der Waals surface area contributed by atoms with Gasteiger partial charge in [-0.15, -0.1) is 10.2 Å². The summed E-state index contributed by atoms with van der Waals surface area (Å²) in [5, 5.41) is 13.0. The number of benzene rings is 1. The number of tetrazole rings is 1. The maximum absolute atomic E-state index is 10.8. The number of rotatable bonds is 3. The van der Waals surface area contributed by atoms with Gasteiger partial charge >= 0.3 is 0 Å². The van der Waals surface area contributed by atoms with Crippen molar-refractivity contribution >= 4 is 17.2 Å². The van der Waals surface area contributed by atoms with Crippen molar-refractivity contribution in [3.63, 3.8) is 0 Å². The molecule has 1 aromatic carbocycles. The van der Waals surface area contributed by atoms with Crippen LogP contribution in [0.25, 0.3) is 10.9 Å². The molecular formula is C12H11N5O. The first-order chi connectivity index (χ1) is 8.76. The van der Waals surface area contributed by atoms with Crippen molar-refractivity contribution in [3.05, 3.63) is 41.9 Å². The molecule has 3 rings (SSSR count). The minimum atomic E-state index is 0.541. The lowest BCUT2D eigenvalue weighted by Crippen LogP contribution is -2.01. The number of fused-ring (bicyclic) bond motifs is 1. The second kappa shape index (κ2) is 4.06. The molecule has 0 aliphatic rings. The molecule has 0 fully saturated rings. The van der Waals surface area contributed by atoms with Gasteiger partial charge in [-0.2, -0.15) is 4.80 Å². The third-order valence-electron chi connectivity index (χ3n) is 2.80. The maximum atomic E-state index is 10.8. The van der Waals surface area contributed by atoms with Crippen LogP contribution in [-0.4, -0.2) is 31.1 Å². The van der Waals surface area contributed by atoms with Crippen molar-refractivity contribution in [2.45, 2.75) is 6.54 Å². The van der Waals surface area contributed by atoms with E-state index in [9.17, 15) is 4.79 Å². The number of carbonyl (C=O) groups is 1. The Bertz CT molecular complexity index is 712. The van der Waals surface area contributed by atoms with Crippen molar-refractivity contribution in [3.8, 4) is 0 Å². The quantitative estimate of drug-likeness (QED) is 0.642. The van der Waals surface area contributed by atoms with E-state index in [0.717, 1.165) is 17.2 Å². The fraction of sp³-hybridized carbons (Fsp3) is 0.167. The second-order valence-corrected chi connectivity index (χ2v) is 4.07. The van der Waals surface area contributed by atoms with E-state index >= 15 is 0 Å². The topological polar surface area (TPSA) is 65.6 Å². The van der Waals surface area contributed by atoms with Gasteiger partial charge in [0.05, 0.1) is 13.6 Å². The van der Waals surface area contributed by atoms with Crippen LogP contribution in [0.3, 0.4) is 0 Å². The number of aromatic nitrogens is 5. The largest absolute Gasteiger partial charge is 0.340 e. The molecular weight excluding hydrogens is 230 g/mol. The molecule has 0 amide bonds. The molecule has 0 saturated heterocycles. The molecule has 6 nitrogen and oxygen atoms in total. The summed E-state index contributed by atoms with van der Waals surface area (Å²) in [6.07, 6.45) is 2.80. The highest BCUT2D eigenvalue weighted by Crippen LogP contribution is 2.17. The van der Waals surface area contributed by atoms with Crippen molar-refractivity contribution in [2.75, 3.05) is 0 Å². The van der Waals surface area contributed by atoms with Crippen LogP contribution in [0.1, 0.15) is 16.2 Å². The molecule has 3 aromatic rings. The first kappa shape index (κ1) is 10.6. The van der Waals surface area contributed by atoms with Gasteiger partial charge in [-0.1, -0.05) is 12.1 Å². The van der Waals surface area contributed by atoms with Crippen molar-refractivity contribution in [1.29, 1.82) is 0 Å². The molecule has 2 heterocycles. The smallest absolute Gasteiger partial charge is 0.194 e. The van der Waals surface area contributed by atoms with Crippen molar-refractivity contribution in [1.82, 2.24) is 24.8 Å². The summed E-state index contributed by atoms with van der Waals surface area (Å²) in [4.78, 5) is 12.2. The highest BCUT2D eigenvalue weighted by atomic mass is 16.1. The van der Waals surface area contributed by atoms with Gasteiger partial charge in [-0.3, -0.25) is 4.79 Å². The Kier molecular flexibility index (Phi) is 2.40. The SMILES string of the molecule is Cn1nnc(Cn2ccc3ccc(C=O)cc32)n1. The van der Waals surface area contributed by atoms with Crippen LogP contribution in [0.5, 0.6) is 0 Å². The third-order valence-corrected chi connectivity index (χ3v) is 2.80. The number of hydrogen-bond acceptors (Lipinski definition) is 4. The predicted octanol–water partition coefficient (Wildman–Crippen LogP) is 1.03. The molecule has 0 aliphatic carbocycles. The Morgan fingerprint density at radius 3 is 2.94 bits per heavy atom. The fourth-order valence-corrected chi connectivity index (χ4v) is 1.95. The molecule has 90 valence electrons. The van der Waals surface area contributed by atoms with Gasteiger partial charge in [0.15, 0.2) is 5.82 Å². The summed E-state index contributed by atoms with van der Waals surface area (Å²) in [5.41, 5.74) is 1.65. The van der Waals surface area contributed by atoms with Gasteiger partial charge in [0.2, 0.25) is 0 Å². The molecule has 2 aromatic heterocycles. The average molecular weight is 241 g/mol. The Hall–Kier alpha value is -2.50. The van der Waals surface area contributed by atoms with Gasteiger partial charge in [-0.05, 0) is 22.7 Å². The number of nitrogens with zero attached hydrogens (tertiary/aromatic N) is 5. The number of hydrogen-bond donors (Lipinski definition) is 0. The zero-order valence-corrected chi connectivity index (χ0v) is 9.82. The number of aryl methyl sites for hydroxylation is 1. The van der Waals surface area contributed by atoms with Gasteiger partial charge in [0, 0.05) is 17.3 Å². The van der Waals surface area contributed by atoms with Crippen molar-refractivity contribution < 1.29 is 4.79 Å². The Morgan fingerprint density at radius 2 is 2.22 bits per heavy atom. The van der Waals surface area contributed by atoms with Crippen LogP contribution < -0.4 is 0 Å². The van der Waals surface area contributed by atoms with Crippen molar-refractivity contribution in [2.24, 2.45) is 7.05 Å². The Morgan fingerprint density at radius 1 is 1.33 bits per heavy atom. The lowest BCUT2D eigenvalue weighted by Gasteiger charge is -2.02. The molecule has 0 atom stereocenters. The van der Waals surface area contributed by atoms with Gasteiger partial charge in [-0.25, -0.2) is 0 Å². The number of aldehydes is 1. The van der Waals surface area contributed by atoms with E-state index in [-0.39, 0.29) is 0 Å². The lowest BCUT2D eigenvalue weighted by molar-refractivity contribution is 0.112. The molecule has 0 bridgehead atoms. The Labute approximate surface area is 103 Å². The summed E-state index contributed by atoms with van der Waals surface area (Å²) in [7, 11) is 1.73. The number of carbonyl (C=O) groups excluding carboxylic acids is 1. The van der Waals surface area contributed by atoms with Gasteiger partial charge in [0.1, 0.15) is 6.29 Å². The standard InChI is InChI=1S/C12H11N5O/c1-16-14-12(13-15-16)7-17-5-4-10-3-2-9(8-18)6-11(10)17/h2-6,8H,7H2,1H3. The lowest BCUT2D eigenvalue weighted by atomic mass is 10.2. The zero-order chi connectivity index (χ0) is 12.5. The van der Waals surface area contributed by atoms with Crippen LogP contribution in [0.2, 0.25) is 0 Å². The third kappa shape index (κ3) is 1.77. The van der Waals surface area contributed by atoms with E-state index in [2.05, 4.69) is 15.4 Å². The van der Waals surface area contributed by atoms with E-state index in [1.165, 1.54) is 4.80 Å². The zero-order valence-electron chi connectivity index (χ0n) is 9.82. The summed E-state index contributed by atoms with van der Waals surface area (Å²) in [6.45, 7) is 0.541. The predicted molar refractivity (Wildman–Crippen MR) is 65.2 cm³/mol. The normalized spacial score (nSPS) is 10.9. The van der Waals surface area contributed by atoms with Crippen LogP contribution in [-0.2, 0) is 13.6 Å². The second-order valence-electron chi connectivity index (χ2n) is 4.07. The van der Waals surface area contributed by atoms with E-state index in [4.69, 9.17) is 0 Å². The minimum absolute atomic E-state index is 0.541. The summed E-state index contributed by atoms with van der Waals surface area (Å²) in [5.74, 6) is 0.645. The molecule has 0 spiro atoms. The molecule has 0 saturated carbocycles. The molecule has 6 heteroatoms.